The van der Waals surface area contributed by atoms with Gasteiger partial charge in [-0.25, -0.2) is 62.3 Å². The number of carboxylic acids is 2. The molecule has 0 spiro atoms. The van der Waals surface area contributed by atoms with Crippen LogP contribution in [0.25, 0.3) is 0 Å². The number of aliphatic carboxylic acids is 2. The normalized spacial score (nSPS) is 31.6. The van der Waals surface area contributed by atoms with Gasteiger partial charge in [0.25, 0.3) is 5.92 Å². The number of carbonyl (C=O) groups is 2. The van der Waals surface area contributed by atoms with Crippen molar-refractivity contribution >= 4 is 11.9 Å². The van der Waals surface area contributed by atoms with Crippen LogP contribution in [-0.2, 0) is 19.5 Å². The fourth-order valence-corrected chi connectivity index (χ4v) is 5.88. The second-order valence-corrected chi connectivity index (χ2v) is 11.2. The summed E-state index contributed by atoms with van der Waals surface area (Å²) in [6, 6.07) is 0. The van der Waals surface area contributed by atoms with Crippen LogP contribution in [0.2, 0.25) is 0 Å². The average molecular weight is 936 g/mol. The zero-order chi connectivity index (χ0) is 47.7. The van der Waals surface area contributed by atoms with Gasteiger partial charge in [-0.05, 0) is 9.05 Å². The molecule has 0 heterocycles. The van der Waals surface area contributed by atoms with Gasteiger partial charge in [-0.1, -0.05) is 13.2 Å². The van der Waals surface area contributed by atoms with E-state index in [1.807, 2.05) is 0 Å². The van der Waals surface area contributed by atoms with Crippen LogP contribution in [-0.4, -0.2) is 105 Å². The summed E-state index contributed by atoms with van der Waals surface area (Å²) in [5, 5.41) is 15.4. The van der Waals surface area contributed by atoms with Crippen LogP contribution in [0.3, 0.4) is 0 Å². The number of carboxylic acid groups (broad SMARTS) is 2. The third-order valence-corrected chi connectivity index (χ3v) is 8.49. The highest BCUT2D eigenvalue weighted by molar-refractivity contribution is 5.87. The van der Waals surface area contributed by atoms with E-state index in [-0.39, 0.29) is 0 Å². The largest absolute Gasteiger partial charge is 0.478 e. The molecule has 4 aliphatic carbocycles. The molecule has 0 amide bonds. The molecule has 4 aliphatic rings. The first-order chi connectivity index (χ1) is 24.8. The summed E-state index contributed by atoms with van der Waals surface area (Å²) in [6.07, 6.45) is -26.4. The van der Waals surface area contributed by atoms with Gasteiger partial charge in [0.1, 0.15) is 11.1 Å². The second-order valence-electron chi connectivity index (χ2n) is 11.2. The number of halogens is 30. The molecule has 0 aromatic rings. The Labute approximate surface area is 293 Å². The van der Waals surface area contributed by atoms with E-state index in [1.165, 1.54) is 0 Å². The summed E-state index contributed by atoms with van der Waals surface area (Å²) < 4.78 is 411. The first kappa shape index (κ1) is 52.3. The maximum Gasteiger partial charge on any atom is 0.450 e. The molecule has 0 aromatic heterocycles. The zero-order valence-electron chi connectivity index (χ0n) is 25.3. The topological polar surface area (TPSA) is 93.1 Å². The summed E-state index contributed by atoms with van der Waals surface area (Å²) in [6.45, 7) is 4.60. The van der Waals surface area contributed by atoms with Gasteiger partial charge in [0, 0.05) is 0 Å². The lowest BCUT2D eigenvalue weighted by molar-refractivity contribution is -0.668. The Kier molecular flexibility index (Phi) is 11.6. The van der Waals surface area contributed by atoms with Crippen LogP contribution in [0.1, 0.15) is 0 Å². The van der Waals surface area contributed by atoms with Gasteiger partial charge >= 0.3 is 89.3 Å². The Morgan fingerprint density at radius 1 is 0.397 bits per heavy atom. The first-order valence-corrected chi connectivity index (χ1v) is 12.6. The highest BCUT2D eigenvalue weighted by Crippen LogP contribution is 2.96. The van der Waals surface area contributed by atoms with Crippen molar-refractivity contribution in [1.29, 1.82) is 0 Å². The number of hydrogen-bond acceptors (Lipinski definition) is 4. The minimum atomic E-state index is -9.74. The molecule has 4 bridgehead atoms. The third kappa shape index (κ3) is 4.96. The van der Waals surface area contributed by atoms with E-state index in [0.717, 1.165) is 9.88 Å². The van der Waals surface area contributed by atoms with E-state index in [0.29, 0.717) is 0 Å². The van der Waals surface area contributed by atoms with Crippen molar-refractivity contribution in [1.82, 2.24) is 0 Å². The third-order valence-electron chi connectivity index (χ3n) is 8.49. The quantitative estimate of drug-likeness (QED) is 0.186. The Bertz CT molecular complexity index is 1540. The Hall–Kier alpha value is -3.76. The van der Waals surface area contributed by atoms with E-state index < -0.39 is 117 Å². The van der Waals surface area contributed by atoms with Crippen LogP contribution in [0.5, 0.6) is 0 Å². The zero-order valence-corrected chi connectivity index (χ0v) is 25.3. The lowest BCUT2D eigenvalue weighted by Crippen LogP contribution is -3.10. The monoisotopic (exact) mass is 936 g/mol. The molecule has 0 atom stereocenters. The summed E-state index contributed by atoms with van der Waals surface area (Å²) in [5.41, 5.74) is -41.1. The summed E-state index contributed by atoms with van der Waals surface area (Å²) in [7, 11) is 0. The van der Waals surface area contributed by atoms with Gasteiger partial charge in [-0.15, -0.1) is 9.88 Å². The molecule has 6 nitrogen and oxygen atoms in total. The van der Waals surface area contributed by atoms with Crippen LogP contribution in [0.15, 0.2) is 24.3 Å². The molecule has 2 N–H and O–H groups in total. The molecule has 0 unspecified atom stereocenters. The van der Waals surface area contributed by atoms with Crippen LogP contribution >= 0.6 is 0 Å². The van der Waals surface area contributed by atoms with E-state index in [9.17, 15) is 124 Å². The van der Waals surface area contributed by atoms with Crippen LogP contribution < -0.4 is 0 Å². The average Bonchev–Trinajstić information content (AvgIpc) is 2.99. The maximum absolute atomic E-state index is 15.2. The number of hydrogen-bond donors (Lipinski definition) is 2. The lowest BCUT2D eigenvalue weighted by atomic mass is 9.30. The van der Waals surface area contributed by atoms with E-state index in [2.05, 4.69) is 13.2 Å². The van der Waals surface area contributed by atoms with Crippen molar-refractivity contribution in [3.8, 4) is 0 Å². The van der Waals surface area contributed by atoms with Crippen molar-refractivity contribution in [2.75, 3.05) is 0 Å². The lowest BCUT2D eigenvalue weighted by Gasteiger charge is -2.78. The molecular formula is C22H6F30O6. The van der Waals surface area contributed by atoms with Gasteiger partial charge in [0.05, 0.1) is 0 Å². The smallest absolute Gasteiger partial charge is 0.450 e. The van der Waals surface area contributed by atoms with Gasteiger partial charge in [-0.2, -0.15) is 70.2 Å². The summed E-state index contributed by atoms with van der Waals surface area (Å²) in [4.78, 5) is 20.6. The molecule has 58 heavy (non-hydrogen) atoms. The van der Waals surface area contributed by atoms with Crippen LogP contribution in [0, 0.1) is 10.8 Å². The first-order valence-electron chi connectivity index (χ1n) is 12.6. The Balaban J connectivity index is 0.000000771. The molecule has 0 radical (unpaired) electrons. The fourth-order valence-electron chi connectivity index (χ4n) is 5.88. The number of rotatable bonds is 8. The van der Waals surface area contributed by atoms with E-state index in [4.69, 9.17) is 10.2 Å². The Morgan fingerprint density at radius 2 is 0.586 bits per heavy atom. The second kappa shape index (κ2) is 12.9. The van der Waals surface area contributed by atoms with Gasteiger partial charge in [0.2, 0.25) is 10.8 Å². The predicted octanol–water partition coefficient (Wildman–Crippen LogP) is 9.87. The molecule has 0 aliphatic heterocycles. The van der Waals surface area contributed by atoms with Crippen molar-refractivity contribution in [3.05, 3.63) is 24.3 Å². The van der Waals surface area contributed by atoms with Crippen LogP contribution in [0.4, 0.5) is 132 Å². The van der Waals surface area contributed by atoms with E-state index in [1.54, 1.807) is 0 Å². The number of alkyl halides is 28. The Morgan fingerprint density at radius 3 is 0.707 bits per heavy atom. The van der Waals surface area contributed by atoms with Crippen molar-refractivity contribution in [3.63, 3.8) is 0 Å². The highest BCUT2D eigenvalue weighted by atomic mass is 19.4. The standard InChI is InChI=1S/C14F24O2.2C4H3F3O2/c15-3-6(19,20)1(10(27,28)13(33,34)39-37)5(17,18)2(8(3,23)24,11(29,30)14(35,36)40-38)9(25,26)4(16,7(1,21)22)12(3,31)32;2*1-2(3(8)9)4(5,6)7/h;2*1H2,(H,8,9). The van der Waals surface area contributed by atoms with Gasteiger partial charge in [0.15, 0.2) is 0 Å². The molecule has 340 valence electrons. The van der Waals surface area contributed by atoms with Gasteiger partial charge in [-0.3, -0.25) is 0 Å². The van der Waals surface area contributed by atoms with Crippen molar-refractivity contribution < 1.29 is 162 Å². The SMILES string of the molecule is C=C(C(=O)O)C(F)(F)F.C=C(C(=O)O)C(F)(F)F.FOC(F)(F)C(F)(F)C12C(F)(F)C3(F)C(F)(F)C(F)(C1(F)F)C(F)(F)C(C(F)(F)C(F)(F)OF)(C3(F)F)C2(F)F. The van der Waals surface area contributed by atoms with Crippen molar-refractivity contribution in [2.24, 2.45) is 10.8 Å². The summed E-state index contributed by atoms with van der Waals surface area (Å²) >= 11 is 0. The molecular weight excluding hydrogens is 930 g/mol. The molecule has 0 aromatic carbocycles. The molecule has 4 fully saturated rings. The van der Waals surface area contributed by atoms with Crippen molar-refractivity contribution in [2.45, 2.75) is 83.3 Å². The highest BCUT2D eigenvalue weighted by Gasteiger charge is 3.27. The van der Waals surface area contributed by atoms with E-state index >= 15 is 17.6 Å². The predicted molar refractivity (Wildman–Crippen MR) is 112 cm³/mol. The fraction of sp³-hybridized carbons (Fsp3) is 0.727. The molecule has 36 heteroatoms. The molecule has 4 rings (SSSR count). The maximum atomic E-state index is 15.2. The molecule has 4 saturated carbocycles. The molecule has 0 saturated heterocycles. The minimum absolute atomic E-state index is 0.790. The van der Waals surface area contributed by atoms with Gasteiger partial charge < -0.3 is 10.2 Å². The minimum Gasteiger partial charge on any atom is -0.478 e. The summed E-state index contributed by atoms with van der Waals surface area (Å²) in [5.74, 6) is -78.8.